The van der Waals surface area contributed by atoms with Gasteiger partial charge >= 0.3 is 0 Å². The van der Waals surface area contributed by atoms with Gasteiger partial charge in [0, 0.05) is 38.2 Å². The molecule has 6 atom stereocenters. The van der Waals surface area contributed by atoms with Gasteiger partial charge in [0.15, 0.2) is 0 Å². The zero-order valence-corrected chi connectivity index (χ0v) is 46.8. The summed E-state index contributed by atoms with van der Waals surface area (Å²) in [6.45, 7) is 31.6. The fourth-order valence-electron chi connectivity index (χ4n) is 7.49. The van der Waals surface area contributed by atoms with Crippen molar-refractivity contribution in [1.29, 1.82) is 0 Å². The maximum atomic E-state index is 10.2. The molecule has 0 aliphatic carbocycles. The fourth-order valence-corrected chi connectivity index (χ4v) is 8.38. The normalized spacial score (nSPS) is 13.4. The summed E-state index contributed by atoms with van der Waals surface area (Å²) < 4.78 is 33.3. The minimum Gasteiger partial charge on any atom is -0.418 e. The molecule has 0 saturated heterocycles. The van der Waals surface area contributed by atoms with Crippen molar-refractivity contribution in [2.45, 2.75) is 78.0 Å². The Kier molecular flexibility index (Phi) is 19.0. The van der Waals surface area contributed by atoms with Crippen molar-refractivity contribution >= 4 is 84.9 Å². The molecule has 0 fully saturated rings. The van der Waals surface area contributed by atoms with Gasteiger partial charge < -0.3 is 44.5 Å². The lowest BCUT2D eigenvalue weighted by atomic mass is 10.1. The van der Waals surface area contributed by atoms with Gasteiger partial charge in [0.1, 0.15) is 18.1 Å². The predicted octanol–water partition coefficient (Wildman–Crippen LogP) is 15.1. The average Bonchev–Trinajstić information content (AvgIpc) is 4.41. The van der Waals surface area contributed by atoms with E-state index in [2.05, 4.69) is 77.0 Å². The average molecular weight is 1190 g/mol. The molecule has 18 nitrogen and oxygen atoms in total. The fraction of sp³-hybridized carbons (Fsp3) is 0.211. The zero-order chi connectivity index (χ0) is 58.7. The van der Waals surface area contributed by atoms with Gasteiger partial charge in [-0.1, -0.05) is 105 Å². The first-order valence-electron chi connectivity index (χ1n) is 24.9. The minimum absolute atomic E-state index is 0.222. The van der Waals surface area contributed by atoms with Gasteiger partial charge in [0.25, 0.3) is 0 Å². The smallest absolute Gasteiger partial charge is 0.247 e. The molecule has 3 aromatic heterocycles. The maximum Gasteiger partial charge on any atom is 0.247 e. The minimum atomic E-state index is -0.826. The van der Waals surface area contributed by atoms with E-state index in [9.17, 15) is 15.3 Å². The first-order chi connectivity index (χ1) is 38.7. The first-order valence-corrected chi connectivity index (χ1v) is 25.9. The number of aromatic nitrogens is 6. The second kappa shape index (κ2) is 26.9. The predicted molar refractivity (Wildman–Crippen MR) is 308 cm³/mol. The van der Waals surface area contributed by atoms with Crippen molar-refractivity contribution in [1.82, 2.24) is 30.6 Å². The number of nitrogens with zero attached hydrogens (tertiary/aromatic N) is 9. The summed E-state index contributed by atoms with van der Waals surface area (Å²) in [6.07, 6.45) is -2.46. The number of halogens is 4. The van der Waals surface area contributed by atoms with Crippen LogP contribution in [-0.2, 0) is 0 Å². The van der Waals surface area contributed by atoms with Crippen LogP contribution < -0.4 is 16.0 Å². The standard InChI is InChI=1S/C19H16BrClN4O2.2C19H17ClN4O2/c1-10-14(8-9-15(22-3)16(10)21)23-17(11(2)26)19-25-24-18(27-19)12-4-6-13(20)7-5-12;2*1-11-14(9-10-15(21-3)16(11)20)22-17(12(2)25)19-24-23-18(26-19)13-7-5-4-6-8-13/h4-9,11,17,23,26H,1-2H3;2*4-10,12,17,22,25H,1-2H3/t11-,17+;2*12-,17+/m000/s1/i;2*4D. The highest BCUT2D eigenvalue weighted by molar-refractivity contribution is 9.10. The van der Waals surface area contributed by atoms with Crippen LogP contribution in [0.4, 0.5) is 34.1 Å². The van der Waals surface area contributed by atoms with Gasteiger partial charge in [-0.25, -0.2) is 14.5 Å². The van der Waals surface area contributed by atoms with Crippen molar-refractivity contribution < 1.29 is 31.3 Å². The van der Waals surface area contributed by atoms with E-state index in [0.29, 0.717) is 107 Å². The second-order valence-corrected chi connectivity index (χ2v) is 19.6. The van der Waals surface area contributed by atoms with E-state index in [-0.39, 0.29) is 17.7 Å². The monoisotopic (exact) mass is 1180 g/mol. The third-order valence-corrected chi connectivity index (χ3v) is 13.9. The molecule has 402 valence electrons. The summed E-state index contributed by atoms with van der Waals surface area (Å²) in [5.74, 6) is 1.67. The number of anilines is 3. The summed E-state index contributed by atoms with van der Waals surface area (Å²) in [6, 6.07) is 29.8. The van der Waals surface area contributed by atoms with Crippen LogP contribution in [0.15, 0.2) is 139 Å². The van der Waals surface area contributed by atoms with E-state index >= 15 is 0 Å². The number of hydrogen-bond acceptors (Lipinski definition) is 15. The molecular weight excluding hydrogens is 1130 g/mol. The molecule has 0 amide bonds. The molecule has 9 rings (SSSR count). The van der Waals surface area contributed by atoms with Crippen molar-refractivity contribution in [2.75, 3.05) is 16.0 Å². The molecule has 0 aliphatic rings. The zero-order valence-electron chi connectivity index (χ0n) is 45.0. The molecule has 0 spiro atoms. The highest BCUT2D eigenvalue weighted by Crippen LogP contribution is 2.39. The number of hydrogen-bond donors (Lipinski definition) is 6. The number of rotatable bonds is 15. The highest BCUT2D eigenvalue weighted by Gasteiger charge is 2.28. The number of benzene rings is 6. The van der Waals surface area contributed by atoms with E-state index in [4.69, 9.17) is 70.5 Å². The Morgan fingerprint density at radius 1 is 0.468 bits per heavy atom. The largest absolute Gasteiger partial charge is 0.418 e. The topological polar surface area (TPSA) is 227 Å². The first kappa shape index (κ1) is 55.6. The van der Waals surface area contributed by atoms with Crippen LogP contribution in [-0.4, -0.2) is 64.2 Å². The molecule has 0 unspecified atom stereocenters. The van der Waals surface area contributed by atoms with Crippen molar-refractivity contribution in [2.24, 2.45) is 0 Å². The molecule has 0 radical (unpaired) electrons. The van der Waals surface area contributed by atoms with Crippen LogP contribution >= 0.6 is 50.7 Å². The Hall–Kier alpha value is -8.16. The number of nitrogens with one attached hydrogen (secondary N) is 3. The quantitative estimate of drug-likeness (QED) is 0.0525. The Morgan fingerprint density at radius 2 is 0.747 bits per heavy atom. The van der Waals surface area contributed by atoms with Crippen LogP contribution in [0.1, 0.15) is 76.0 Å². The third-order valence-electron chi connectivity index (χ3n) is 12.0. The molecule has 3 heterocycles. The van der Waals surface area contributed by atoms with Crippen molar-refractivity contribution in [3.8, 4) is 34.4 Å². The lowest BCUT2D eigenvalue weighted by molar-refractivity contribution is 0.159. The Bertz CT molecular complexity index is 3380. The third kappa shape index (κ3) is 14.3. The molecule has 6 N–H and O–H groups in total. The van der Waals surface area contributed by atoms with E-state index in [0.717, 1.165) is 10.0 Å². The van der Waals surface area contributed by atoms with Crippen LogP contribution in [0.2, 0.25) is 15.1 Å². The van der Waals surface area contributed by atoms with Gasteiger partial charge in [-0.3, -0.25) is 0 Å². The molecule has 6 aromatic carbocycles. The molecule has 79 heavy (non-hydrogen) atoms. The second-order valence-electron chi connectivity index (χ2n) is 17.6. The summed E-state index contributed by atoms with van der Waals surface area (Å²) in [4.78, 5) is 10.1. The van der Waals surface area contributed by atoms with Gasteiger partial charge in [-0.05, 0) is 125 Å². The Labute approximate surface area is 481 Å². The SMILES string of the molecule is [2H]c1ccc(-c2nnc([C@H](Nc3ccc([N+]#[C-])c(Cl)c3C)[C@H](C)O)o2)cc1.[2H]c1ccc(-c2nnc([C@H](Nc3ccc([N+]#[C-])c(Cl)c3C)[C@H](C)O)o2)cc1.[C-]#[N+]c1ccc(N[C@@H](c2nnc(-c3ccc(Br)cc3)o2)[C@H](C)O)c(C)c1Cl. The molecule has 9 aromatic rings. The number of aliphatic hydroxyl groups is 3. The molecule has 22 heteroatoms. The lowest BCUT2D eigenvalue weighted by Gasteiger charge is -2.21. The van der Waals surface area contributed by atoms with Gasteiger partial charge in [-0.2, -0.15) is 0 Å². The number of aliphatic hydroxyl groups excluding tert-OH is 3. The van der Waals surface area contributed by atoms with Crippen LogP contribution in [0.5, 0.6) is 0 Å². The van der Waals surface area contributed by atoms with Crippen LogP contribution in [0.25, 0.3) is 48.9 Å². The van der Waals surface area contributed by atoms with Gasteiger partial charge in [-0.15, -0.1) is 30.6 Å². The maximum absolute atomic E-state index is 10.2. The van der Waals surface area contributed by atoms with E-state index in [1.54, 1.807) is 126 Å². The molecular formula is C57H50BrCl3N12O6. The summed E-state index contributed by atoms with van der Waals surface area (Å²) in [5, 5.41) is 65.6. The van der Waals surface area contributed by atoms with Crippen LogP contribution in [0, 0.1) is 40.5 Å². The van der Waals surface area contributed by atoms with Crippen LogP contribution in [0.3, 0.4) is 0 Å². The van der Waals surface area contributed by atoms with Gasteiger partial charge in [0.2, 0.25) is 52.4 Å². The lowest BCUT2D eigenvalue weighted by Crippen LogP contribution is -2.23. The van der Waals surface area contributed by atoms with E-state index in [1.165, 1.54) is 0 Å². The molecule has 0 bridgehead atoms. The highest BCUT2D eigenvalue weighted by atomic mass is 79.9. The summed E-state index contributed by atoms with van der Waals surface area (Å²) >= 11 is 22.1. The van der Waals surface area contributed by atoms with Crippen molar-refractivity contribution in [3.63, 3.8) is 0 Å². The van der Waals surface area contributed by atoms with Gasteiger partial charge in [0.05, 0.1) is 55.8 Å². The Morgan fingerprint density at radius 3 is 1.01 bits per heavy atom. The molecule has 0 aliphatic heterocycles. The Balaban J connectivity index is 0.000000175. The summed E-state index contributed by atoms with van der Waals surface area (Å²) in [5.41, 5.74) is 7.38. The van der Waals surface area contributed by atoms with Crippen molar-refractivity contribution in [3.05, 3.63) is 209 Å². The summed E-state index contributed by atoms with van der Waals surface area (Å²) in [7, 11) is 0. The molecule has 0 saturated carbocycles. The van der Waals surface area contributed by atoms with E-state index < -0.39 is 36.4 Å². The van der Waals surface area contributed by atoms with E-state index in [1.807, 2.05) is 24.3 Å².